The standard InChI is InChI=1S/C21H27N3O/c1-3-8-24(2)12-13-9-16-14-4-5-21(14)7-6-20(10-15(21)19(22)25)11-17(23-16)18(13)20/h4-5,9,11,14-15,18H,3,6-8,10,12H2,1-2H3,(H2,22,25). The quantitative estimate of drug-likeness (QED) is 0.784. The molecule has 5 atom stereocenters. The van der Waals surface area contributed by atoms with E-state index in [0.29, 0.717) is 5.92 Å². The molecule has 4 nitrogen and oxygen atoms in total. The maximum Gasteiger partial charge on any atom is 0.221 e. The van der Waals surface area contributed by atoms with Crippen molar-refractivity contribution in [3.63, 3.8) is 0 Å². The van der Waals surface area contributed by atoms with Crippen molar-refractivity contribution in [1.82, 2.24) is 4.90 Å². The predicted molar refractivity (Wildman–Crippen MR) is 98.9 cm³/mol. The van der Waals surface area contributed by atoms with Crippen LogP contribution >= 0.6 is 0 Å². The molecule has 3 heterocycles. The summed E-state index contributed by atoms with van der Waals surface area (Å²) in [6.45, 7) is 4.34. The van der Waals surface area contributed by atoms with E-state index in [9.17, 15) is 4.79 Å². The van der Waals surface area contributed by atoms with Crippen molar-refractivity contribution in [2.75, 3.05) is 20.1 Å². The van der Waals surface area contributed by atoms with E-state index in [1.807, 2.05) is 0 Å². The van der Waals surface area contributed by atoms with Crippen LogP contribution in [-0.4, -0.2) is 36.7 Å². The molecule has 8 rings (SSSR count). The number of likely N-dealkylation sites (N-methyl/N-ethyl adjacent to an activating group) is 1. The smallest absolute Gasteiger partial charge is 0.221 e. The van der Waals surface area contributed by atoms with Gasteiger partial charge in [-0.3, -0.25) is 9.79 Å². The Hall–Kier alpha value is -1.68. The molecule has 0 aromatic rings. The van der Waals surface area contributed by atoms with Gasteiger partial charge >= 0.3 is 0 Å². The molecule has 2 N–H and O–H groups in total. The van der Waals surface area contributed by atoms with Crippen LogP contribution in [0, 0.1) is 28.6 Å². The minimum Gasteiger partial charge on any atom is -0.369 e. The summed E-state index contributed by atoms with van der Waals surface area (Å²) in [4.78, 5) is 19.8. The number of amides is 1. The van der Waals surface area contributed by atoms with E-state index in [4.69, 9.17) is 10.7 Å². The van der Waals surface area contributed by atoms with Crippen molar-refractivity contribution < 1.29 is 4.79 Å². The fourth-order valence-electron chi connectivity index (χ4n) is 6.28. The number of dihydropyridines is 1. The van der Waals surface area contributed by atoms with Gasteiger partial charge in [0.05, 0.1) is 0 Å². The van der Waals surface area contributed by atoms with Gasteiger partial charge in [-0.2, -0.15) is 0 Å². The highest BCUT2D eigenvalue weighted by atomic mass is 16.1. The predicted octanol–water partition coefficient (Wildman–Crippen LogP) is 2.68. The van der Waals surface area contributed by atoms with E-state index in [1.165, 1.54) is 17.7 Å². The summed E-state index contributed by atoms with van der Waals surface area (Å²) in [5.41, 5.74) is 9.83. The average molecular weight is 337 g/mol. The van der Waals surface area contributed by atoms with Crippen molar-refractivity contribution >= 4 is 11.6 Å². The lowest BCUT2D eigenvalue weighted by Crippen LogP contribution is -2.55. The van der Waals surface area contributed by atoms with Gasteiger partial charge in [0, 0.05) is 46.5 Å². The molecule has 5 bridgehead atoms. The Kier molecular flexibility index (Phi) is 3.08. The fourth-order valence-corrected chi connectivity index (χ4v) is 6.28. The monoisotopic (exact) mass is 337 g/mol. The highest BCUT2D eigenvalue weighted by Gasteiger charge is 2.63. The third kappa shape index (κ3) is 1.86. The zero-order valence-corrected chi connectivity index (χ0v) is 15.2. The average Bonchev–Trinajstić information content (AvgIpc) is 2.61. The SMILES string of the molecule is CCCN(C)CC1=CC2=NC3=CC4(CCC5(C=CC25)C(C(N)=O)C4)C13. The van der Waals surface area contributed by atoms with Gasteiger partial charge in [-0.25, -0.2) is 0 Å². The van der Waals surface area contributed by atoms with E-state index < -0.39 is 0 Å². The third-order valence-electron chi connectivity index (χ3n) is 7.42. The fraction of sp³-hybridized carbons (Fsp3) is 0.619. The number of hydrogen-bond donors (Lipinski definition) is 1. The van der Waals surface area contributed by atoms with Gasteiger partial charge in [0.1, 0.15) is 0 Å². The van der Waals surface area contributed by atoms with Crippen molar-refractivity contribution in [1.29, 1.82) is 0 Å². The van der Waals surface area contributed by atoms with E-state index >= 15 is 0 Å². The largest absolute Gasteiger partial charge is 0.369 e. The lowest BCUT2D eigenvalue weighted by Gasteiger charge is -2.57. The van der Waals surface area contributed by atoms with E-state index in [2.05, 4.69) is 43.2 Å². The highest BCUT2D eigenvalue weighted by molar-refractivity contribution is 6.03. The summed E-state index contributed by atoms with van der Waals surface area (Å²) < 4.78 is 0. The molecule has 5 aliphatic carbocycles. The Balaban J connectivity index is 1.60. The third-order valence-corrected chi connectivity index (χ3v) is 7.42. The summed E-state index contributed by atoms with van der Waals surface area (Å²) in [5.74, 6) is 0.477. The number of nitrogens with two attached hydrogens (primary N) is 1. The minimum atomic E-state index is -0.123. The molecule has 0 saturated heterocycles. The van der Waals surface area contributed by atoms with Crippen LogP contribution < -0.4 is 5.73 Å². The van der Waals surface area contributed by atoms with Crippen LogP contribution in [0.1, 0.15) is 32.6 Å². The Morgan fingerprint density at radius 3 is 2.96 bits per heavy atom. The molecular weight excluding hydrogens is 310 g/mol. The van der Waals surface area contributed by atoms with Crippen LogP contribution in [0.4, 0.5) is 0 Å². The van der Waals surface area contributed by atoms with Crippen molar-refractivity contribution in [3.05, 3.63) is 35.6 Å². The van der Waals surface area contributed by atoms with Gasteiger partial charge in [0.2, 0.25) is 5.91 Å². The summed E-state index contributed by atoms with van der Waals surface area (Å²) >= 11 is 0. The molecule has 2 spiro atoms. The molecule has 25 heavy (non-hydrogen) atoms. The molecule has 5 unspecified atom stereocenters. The van der Waals surface area contributed by atoms with Crippen LogP contribution in [0.25, 0.3) is 0 Å². The first-order chi connectivity index (χ1) is 12.0. The number of aliphatic imine (C=N–C) groups is 1. The maximum atomic E-state index is 12.3. The molecule has 0 aromatic heterocycles. The molecule has 4 heteroatoms. The van der Waals surface area contributed by atoms with Crippen LogP contribution in [0.2, 0.25) is 0 Å². The molecule has 1 saturated carbocycles. The highest BCUT2D eigenvalue weighted by Crippen LogP contribution is 2.68. The Morgan fingerprint density at radius 1 is 1.44 bits per heavy atom. The lowest BCUT2D eigenvalue weighted by atomic mass is 9.45. The van der Waals surface area contributed by atoms with Crippen LogP contribution in [-0.2, 0) is 4.79 Å². The summed E-state index contributed by atoms with van der Waals surface area (Å²) in [6.07, 6.45) is 13.5. The number of allylic oxidation sites excluding steroid dienone is 5. The molecule has 132 valence electrons. The molecule has 0 aromatic carbocycles. The summed E-state index contributed by atoms with van der Waals surface area (Å²) in [7, 11) is 2.21. The van der Waals surface area contributed by atoms with E-state index in [0.717, 1.165) is 38.1 Å². The number of carbonyl (C=O) groups is 1. The first-order valence-corrected chi connectivity index (χ1v) is 9.68. The van der Waals surface area contributed by atoms with Crippen molar-refractivity contribution in [2.24, 2.45) is 39.3 Å². The lowest BCUT2D eigenvalue weighted by molar-refractivity contribution is -0.130. The number of nitrogens with zero attached hydrogens (tertiary/aromatic N) is 2. The van der Waals surface area contributed by atoms with Crippen LogP contribution in [0.15, 0.2) is 40.6 Å². The number of rotatable bonds is 5. The topological polar surface area (TPSA) is 58.7 Å². The molecule has 1 fully saturated rings. The summed E-state index contributed by atoms with van der Waals surface area (Å²) in [6, 6.07) is 0. The first-order valence-electron chi connectivity index (χ1n) is 9.68. The number of carbonyl (C=O) groups excluding carboxylic acids is 1. The number of primary amides is 1. The molecule has 1 amide bonds. The normalized spacial score (nSPS) is 42.4. The molecule has 0 radical (unpaired) electrons. The zero-order chi connectivity index (χ0) is 17.4. The van der Waals surface area contributed by atoms with Crippen LogP contribution in [0.5, 0.6) is 0 Å². The second-order valence-electron chi connectivity index (χ2n) is 8.84. The molecular formula is C21H27N3O. The Labute approximate surface area is 149 Å². The summed E-state index contributed by atoms with van der Waals surface area (Å²) in [5, 5.41) is 0. The number of hydrogen-bond acceptors (Lipinski definition) is 3. The van der Waals surface area contributed by atoms with E-state index in [-0.39, 0.29) is 28.6 Å². The maximum absolute atomic E-state index is 12.3. The van der Waals surface area contributed by atoms with Gasteiger partial charge in [-0.15, -0.1) is 0 Å². The van der Waals surface area contributed by atoms with Gasteiger partial charge in [-0.1, -0.05) is 25.2 Å². The molecule has 8 aliphatic rings. The van der Waals surface area contributed by atoms with Gasteiger partial charge in [-0.05, 0) is 50.9 Å². The first kappa shape index (κ1) is 15.6. The van der Waals surface area contributed by atoms with Crippen molar-refractivity contribution in [2.45, 2.75) is 32.6 Å². The second kappa shape index (κ2) is 4.94. The second-order valence-corrected chi connectivity index (χ2v) is 8.84. The Morgan fingerprint density at radius 2 is 2.28 bits per heavy atom. The minimum absolute atomic E-state index is 0.0547. The van der Waals surface area contributed by atoms with Gasteiger partial charge in [0.15, 0.2) is 0 Å². The Bertz CT molecular complexity index is 776. The van der Waals surface area contributed by atoms with Crippen molar-refractivity contribution in [3.8, 4) is 0 Å². The molecule has 3 aliphatic heterocycles. The van der Waals surface area contributed by atoms with E-state index in [1.54, 1.807) is 0 Å². The zero-order valence-electron chi connectivity index (χ0n) is 15.2. The van der Waals surface area contributed by atoms with Crippen LogP contribution in [0.3, 0.4) is 0 Å². The van der Waals surface area contributed by atoms with Gasteiger partial charge < -0.3 is 10.6 Å². The van der Waals surface area contributed by atoms with Gasteiger partial charge in [0.25, 0.3) is 0 Å².